The van der Waals surface area contributed by atoms with Crippen LogP contribution in [0.2, 0.25) is 0 Å². The van der Waals surface area contributed by atoms with E-state index in [-0.39, 0.29) is 12.1 Å². The lowest BCUT2D eigenvalue weighted by Crippen LogP contribution is -2.37. The zero-order valence-corrected chi connectivity index (χ0v) is 16.0. The van der Waals surface area contributed by atoms with Gasteiger partial charge in [0, 0.05) is 29.1 Å². The topological polar surface area (TPSA) is 116 Å². The van der Waals surface area contributed by atoms with Crippen molar-refractivity contribution in [1.82, 2.24) is 10.3 Å². The number of nitrogens with one attached hydrogen (secondary N) is 2. The van der Waals surface area contributed by atoms with Gasteiger partial charge in [0.05, 0.1) is 12.1 Å². The van der Waals surface area contributed by atoms with Crippen molar-refractivity contribution in [3.8, 4) is 11.3 Å². The lowest BCUT2D eigenvalue weighted by atomic mass is 10.0. The van der Waals surface area contributed by atoms with Gasteiger partial charge in [-0.05, 0) is 35.9 Å². The van der Waals surface area contributed by atoms with E-state index in [0.29, 0.717) is 23.5 Å². The molecule has 4 N–H and O–H groups in total. The third-order valence-corrected chi connectivity index (χ3v) is 4.98. The molecule has 30 heavy (non-hydrogen) atoms. The number of carboxylic acids is 2. The van der Waals surface area contributed by atoms with E-state index in [9.17, 15) is 14.7 Å². The minimum atomic E-state index is -1.01. The Hall–Kier alpha value is -3.84. The number of H-pyrrole nitrogens is 1. The molecule has 0 bridgehead atoms. The monoisotopic (exact) mass is 404 g/mol. The van der Waals surface area contributed by atoms with Crippen molar-refractivity contribution in [3.63, 3.8) is 0 Å². The Labute approximate surface area is 172 Å². The summed E-state index contributed by atoms with van der Waals surface area (Å²) < 4.78 is 5.79. The largest absolute Gasteiger partial charge is 0.480 e. The van der Waals surface area contributed by atoms with Crippen LogP contribution in [0.3, 0.4) is 0 Å². The number of benzene rings is 2. The van der Waals surface area contributed by atoms with Gasteiger partial charge in [-0.2, -0.15) is 0 Å². The number of hydrogen-bond donors (Lipinski definition) is 4. The van der Waals surface area contributed by atoms with E-state index in [1.807, 2.05) is 30.5 Å². The van der Waals surface area contributed by atoms with Crippen molar-refractivity contribution in [1.29, 1.82) is 0 Å². The highest BCUT2D eigenvalue weighted by molar-refractivity contribution is 5.89. The fraction of sp³-hybridized carbons (Fsp3) is 0.130. The summed E-state index contributed by atoms with van der Waals surface area (Å²) in [4.78, 5) is 26.1. The summed E-state index contributed by atoms with van der Waals surface area (Å²) >= 11 is 0. The van der Waals surface area contributed by atoms with E-state index in [4.69, 9.17) is 9.52 Å². The standard InChI is InChI=1S/C23H20N2O5/c26-22(27)15-5-3-4-14(10-15)21-9-8-17(30-21)13-25-20(23(28)29)11-16-12-24-19-7-2-1-6-18(16)19/h1-10,12,20,24-25H,11,13H2,(H,26,27)(H,28,29)/t20-/m1/s1. The quantitative estimate of drug-likeness (QED) is 0.354. The first-order chi connectivity index (χ1) is 14.5. The second-order valence-electron chi connectivity index (χ2n) is 6.99. The van der Waals surface area contributed by atoms with Crippen LogP contribution in [0.5, 0.6) is 0 Å². The molecule has 0 amide bonds. The number of hydrogen-bond acceptors (Lipinski definition) is 4. The fourth-order valence-electron chi connectivity index (χ4n) is 3.42. The summed E-state index contributed by atoms with van der Waals surface area (Å²) in [6, 6.07) is 16.9. The summed E-state index contributed by atoms with van der Waals surface area (Å²) in [7, 11) is 0. The Morgan fingerprint density at radius 3 is 2.67 bits per heavy atom. The van der Waals surface area contributed by atoms with Gasteiger partial charge in [0.2, 0.25) is 0 Å². The molecule has 2 aromatic heterocycles. The second-order valence-corrected chi connectivity index (χ2v) is 6.99. The van der Waals surface area contributed by atoms with Crippen molar-refractivity contribution < 1.29 is 24.2 Å². The van der Waals surface area contributed by atoms with Crippen LogP contribution < -0.4 is 5.32 Å². The molecule has 0 aliphatic carbocycles. The molecule has 152 valence electrons. The molecule has 7 nitrogen and oxygen atoms in total. The molecular formula is C23H20N2O5. The molecule has 2 aromatic carbocycles. The van der Waals surface area contributed by atoms with Crippen molar-refractivity contribution in [3.05, 3.63) is 83.7 Å². The second kappa shape index (κ2) is 8.26. The summed E-state index contributed by atoms with van der Waals surface area (Å²) in [5.74, 6) is -0.859. The highest BCUT2D eigenvalue weighted by atomic mass is 16.4. The molecule has 4 aromatic rings. The lowest BCUT2D eigenvalue weighted by Gasteiger charge is -2.13. The van der Waals surface area contributed by atoms with Crippen LogP contribution in [-0.2, 0) is 17.8 Å². The summed E-state index contributed by atoms with van der Waals surface area (Å²) in [5.41, 5.74) is 2.72. The van der Waals surface area contributed by atoms with E-state index in [2.05, 4.69) is 10.3 Å². The zero-order chi connectivity index (χ0) is 21.1. The number of fused-ring (bicyclic) bond motifs is 1. The van der Waals surface area contributed by atoms with Crippen LogP contribution in [0, 0.1) is 0 Å². The van der Waals surface area contributed by atoms with Gasteiger partial charge in [-0.25, -0.2) is 4.79 Å². The minimum Gasteiger partial charge on any atom is -0.480 e. The maximum Gasteiger partial charge on any atom is 0.335 e. The van der Waals surface area contributed by atoms with Crippen LogP contribution in [0.15, 0.2) is 71.3 Å². The first-order valence-corrected chi connectivity index (χ1v) is 9.45. The number of furan rings is 1. The molecule has 4 rings (SSSR count). The third kappa shape index (κ3) is 4.11. The SMILES string of the molecule is O=C(O)c1cccc(-c2ccc(CN[C@H](Cc3c[nH]c4ccccc34)C(=O)O)o2)c1. The molecule has 0 fully saturated rings. The molecule has 0 spiro atoms. The molecule has 0 saturated heterocycles. The predicted molar refractivity (Wildman–Crippen MR) is 111 cm³/mol. The predicted octanol–water partition coefficient (Wildman–Crippen LogP) is 3.91. The van der Waals surface area contributed by atoms with Crippen molar-refractivity contribution in [2.45, 2.75) is 19.0 Å². The molecule has 0 aliphatic rings. The first-order valence-electron chi connectivity index (χ1n) is 9.45. The Morgan fingerprint density at radius 1 is 1.03 bits per heavy atom. The Balaban J connectivity index is 1.46. The molecular weight excluding hydrogens is 384 g/mol. The average molecular weight is 404 g/mol. The van der Waals surface area contributed by atoms with Gasteiger partial charge in [-0.15, -0.1) is 0 Å². The van der Waals surface area contributed by atoms with Gasteiger partial charge in [-0.3, -0.25) is 10.1 Å². The molecule has 0 unspecified atom stereocenters. The maximum atomic E-state index is 11.8. The molecule has 2 heterocycles. The van der Waals surface area contributed by atoms with Crippen LogP contribution in [0.4, 0.5) is 0 Å². The summed E-state index contributed by atoms with van der Waals surface area (Å²) in [6.45, 7) is 0.234. The van der Waals surface area contributed by atoms with E-state index in [0.717, 1.165) is 16.5 Å². The van der Waals surface area contributed by atoms with Crippen LogP contribution in [-0.4, -0.2) is 33.2 Å². The fourth-order valence-corrected chi connectivity index (χ4v) is 3.42. The number of carboxylic acid groups (broad SMARTS) is 2. The Bertz CT molecular complexity index is 1210. The number of rotatable bonds is 8. The maximum absolute atomic E-state index is 11.8. The normalized spacial score (nSPS) is 12.1. The van der Waals surface area contributed by atoms with E-state index >= 15 is 0 Å². The van der Waals surface area contributed by atoms with Gasteiger partial charge < -0.3 is 19.6 Å². The van der Waals surface area contributed by atoms with Gasteiger partial charge in [-0.1, -0.05) is 30.3 Å². The van der Waals surface area contributed by atoms with E-state index < -0.39 is 18.0 Å². The smallest absolute Gasteiger partial charge is 0.335 e. The van der Waals surface area contributed by atoms with E-state index in [1.165, 1.54) is 12.1 Å². The molecule has 1 atom stereocenters. The average Bonchev–Trinajstić information content (AvgIpc) is 3.38. The summed E-state index contributed by atoms with van der Waals surface area (Å²) in [6.07, 6.45) is 2.16. The molecule has 7 heteroatoms. The van der Waals surface area contributed by atoms with E-state index in [1.54, 1.807) is 24.3 Å². The van der Waals surface area contributed by atoms with Crippen molar-refractivity contribution >= 4 is 22.8 Å². The van der Waals surface area contributed by atoms with Crippen LogP contribution in [0.25, 0.3) is 22.2 Å². The van der Waals surface area contributed by atoms with Gasteiger partial charge in [0.1, 0.15) is 17.6 Å². The number of carbonyl (C=O) groups is 2. The van der Waals surface area contributed by atoms with Gasteiger partial charge >= 0.3 is 11.9 Å². The number of aliphatic carboxylic acids is 1. The third-order valence-electron chi connectivity index (χ3n) is 4.98. The zero-order valence-electron chi connectivity index (χ0n) is 16.0. The van der Waals surface area contributed by atoms with Crippen molar-refractivity contribution in [2.24, 2.45) is 0 Å². The Kier molecular flexibility index (Phi) is 5.36. The van der Waals surface area contributed by atoms with Gasteiger partial charge in [0.15, 0.2) is 0 Å². The van der Waals surface area contributed by atoms with Crippen molar-refractivity contribution in [2.75, 3.05) is 0 Å². The molecule has 0 radical (unpaired) electrons. The van der Waals surface area contributed by atoms with Crippen LogP contribution in [0.1, 0.15) is 21.7 Å². The van der Waals surface area contributed by atoms with Crippen LogP contribution >= 0.6 is 0 Å². The number of para-hydroxylation sites is 1. The number of aromatic amines is 1. The van der Waals surface area contributed by atoms with Gasteiger partial charge in [0.25, 0.3) is 0 Å². The Morgan fingerprint density at radius 2 is 1.87 bits per heavy atom. The minimum absolute atomic E-state index is 0.174. The number of aromatic nitrogens is 1. The molecule has 0 saturated carbocycles. The lowest BCUT2D eigenvalue weighted by molar-refractivity contribution is -0.139. The highest BCUT2D eigenvalue weighted by Crippen LogP contribution is 2.24. The highest BCUT2D eigenvalue weighted by Gasteiger charge is 2.20. The first kappa shape index (κ1) is 19.5. The number of aromatic carboxylic acids is 1. The summed E-state index contributed by atoms with van der Waals surface area (Å²) in [5, 5.41) is 22.8. The molecule has 0 aliphatic heterocycles.